The van der Waals surface area contributed by atoms with Gasteiger partial charge in [0.15, 0.2) is 0 Å². The van der Waals surface area contributed by atoms with E-state index >= 15 is 0 Å². The van der Waals surface area contributed by atoms with Gasteiger partial charge in [-0.1, -0.05) is 0 Å². The molecule has 0 aromatic carbocycles. The van der Waals surface area contributed by atoms with E-state index in [1.54, 1.807) is 24.7 Å². The van der Waals surface area contributed by atoms with Crippen molar-refractivity contribution in [1.29, 1.82) is 0 Å². The minimum Gasteiger partial charge on any atom is -0.389 e. The minimum absolute atomic E-state index is 0.226. The zero-order valence-electron chi connectivity index (χ0n) is 7.57. The second kappa shape index (κ2) is 3.85. The summed E-state index contributed by atoms with van der Waals surface area (Å²) in [4.78, 5) is 15.1. The number of aromatic nitrogens is 1. The van der Waals surface area contributed by atoms with Crippen molar-refractivity contribution in [3.8, 4) is 0 Å². The zero-order chi connectivity index (χ0) is 9.90. The zero-order valence-corrected chi connectivity index (χ0v) is 8.39. The normalized spacial score (nSPS) is 11.3. The van der Waals surface area contributed by atoms with Crippen LogP contribution in [-0.2, 0) is 0 Å². The van der Waals surface area contributed by atoms with E-state index in [1.165, 1.54) is 11.3 Å². The maximum absolute atomic E-state index is 11.3. The van der Waals surface area contributed by atoms with Gasteiger partial charge in [0.25, 0.3) is 5.91 Å². The third-order valence-corrected chi connectivity index (χ3v) is 1.93. The van der Waals surface area contributed by atoms with Crippen molar-refractivity contribution in [1.82, 2.24) is 10.3 Å². The van der Waals surface area contributed by atoms with Crippen LogP contribution in [0.15, 0.2) is 10.9 Å². The first-order valence-electron chi connectivity index (χ1n) is 3.88. The Labute approximate surface area is 80.6 Å². The van der Waals surface area contributed by atoms with Crippen LogP contribution in [0.4, 0.5) is 0 Å². The summed E-state index contributed by atoms with van der Waals surface area (Å²) in [5.74, 6) is -0.247. The van der Waals surface area contributed by atoms with Crippen molar-refractivity contribution in [2.75, 3.05) is 6.54 Å². The van der Waals surface area contributed by atoms with Crippen LogP contribution in [0.1, 0.15) is 24.3 Å². The molecule has 0 aliphatic carbocycles. The molecular weight excluding hydrogens is 188 g/mol. The first-order valence-corrected chi connectivity index (χ1v) is 4.82. The maximum atomic E-state index is 11.3. The summed E-state index contributed by atoms with van der Waals surface area (Å²) in [6, 6.07) is 0. The van der Waals surface area contributed by atoms with E-state index in [0.29, 0.717) is 5.69 Å². The van der Waals surface area contributed by atoms with E-state index in [1.807, 2.05) is 0 Å². The van der Waals surface area contributed by atoms with E-state index in [4.69, 9.17) is 0 Å². The summed E-state index contributed by atoms with van der Waals surface area (Å²) in [5.41, 5.74) is 1.11. The lowest BCUT2D eigenvalue weighted by Gasteiger charge is -2.16. The number of nitrogens with one attached hydrogen (secondary N) is 1. The van der Waals surface area contributed by atoms with Crippen molar-refractivity contribution in [2.24, 2.45) is 0 Å². The Morgan fingerprint density at radius 2 is 2.46 bits per heavy atom. The largest absolute Gasteiger partial charge is 0.389 e. The molecule has 0 atom stereocenters. The molecule has 0 aliphatic rings. The summed E-state index contributed by atoms with van der Waals surface area (Å²) in [5, 5.41) is 13.6. The summed E-state index contributed by atoms with van der Waals surface area (Å²) < 4.78 is 0. The number of thiazole rings is 1. The van der Waals surface area contributed by atoms with E-state index in [-0.39, 0.29) is 12.5 Å². The summed E-state index contributed by atoms with van der Waals surface area (Å²) in [6.07, 6.45) is 0. The number of nitrogens with zero attached hydrogens (tertiary/aromatic N) is 1. The fourth-order valence-corrected chi connectivity index (χ4v) is 1.24. The standard InChI is InChI=1S/C8H12N2O2S/c1-8(2,12)4-9-7(11)6-3-13-5-10-6/h3,5,12H,4H2,1-2H3,(H,9,11). The van der Waals surface area contributed by atoms with Crippen molar-refractivity contribution in [3.63, 3.8) is 0 Å². The fraction of sp³-hybridized carbons (Fsp3) is 0.500. The number of carbonyl (C=O) groups is 1. The van der Waals surface area contributed by atoms with Crippen LogP contribution in [0.2, 0.25) is 0 Å². The van der Waals surface area contributed by atoms with Gasteiger partial charge in [-0.25, -0.2) is 4.98 Å². The lowest BCUT2D eigenvalue weighted by molar-refractivity contribution is 0.0692. The van der Waals surface area contributed by atoms with Gasteiger partial charge in [0.05, 0.1) is 11.1 Å². The molecular formula is C8H12N2O2S. The number of amides is 1. The molecule has 1 heterocycles. The lowest BCUT2D eigenvalue weighted by atomic mass is 10.1. The van der Waals surface area contributed by atoms with Gasteiger partial charge in [0.1, 0.15) is 5.69 Å². The molecule has 13 heavy (non-hydrogen) atoms. The average Bonchev–Trinajstić information content (AvgIpc) is 2.50. The van der Waals surface area contributed by atoms with Crippen LogP contribution in [-0.4, -0.2) is 28.1 Å². The minimum atomic E-state index is -0.883. The molecule has 72 valence electrons. The monoisotopic (exact) mass is 200 g/mol. The Hall–Kier alpha value is -0.940. The number of hydrogen-bond acceptors (Lipinski definition) is 4. The van der Waals surface area contributed by atoms with Gasteiger partial charge >= 0.3 is 0 Å². The molecule has 1 aromatic rings. The highest BCUT2D eigenvalue weighted by molar-refractivity contribution is 7.07. The van der Waals surface area contributed by atoms with Gasteiger partial charge in [-0.15, -0.1) is 11.3 Å². The van der Waals surface area contributed by atoms with Crippen molar-refractivity contribution in [3.05, 3.63) is 16.6 Å². The molecule has 5 heteroatoms. The van der Waals surface area contributed by atoms with Gasteiger partial charge < -0.3 is 10.4 Å². The number of hydrogen-bond donors (Lipinski definition) is 2. The average molecular weight is 200 g/mol. The van der Waals surface area contributed by atoms with E-state index < -0.39 is 5.60 Å². The predicted molar refractivity (Wildman–Crippen MR) is 50.7 cm³/mol. The number of carbonyl (C=O) groups excluding carboxylic acids is 1. The van der Waals surface area contributed by atoms with Crippen molar-refractivity contribution < 1.29 is 9.90 Å². The quantitative estimate of drug-likeness (QED) is 0.752. The molecule has 0 spiro atoms. The van der Waals surface area contributed by atoms with Crippen LogP contribution in [0.3, 0.4) is 0 Å². The molecule has 0 unspecified atom stereocenters. The molecule has 1 rings (SSSR count). The Morgan fingerprint density at radius 1 is 1.77 bits per heavy atom. The molecule has 1 amide bonds. The summed E-state index contributed by atoms with van der Waals surface area (Å²) >= 11 is 1.37. The van der Waals surface area contributed by atoms with Gasteiger partial charge in [-0.05, 0) is 13.8 Å². The molecule has 0 saturated carbocycles. The highest BCUT2D eigenvalue weighted by Gasteiger charge is 2.15. The predicted octanol–water partition coefficient (Wildman–Crippen LogP) is 0.644. The van der Waals surface area contributed by atoms with Crippen molar-refractivity contribution >= 4 is 17.2 Å². The molecule has 2 N–H and O–H groups in total. The van der Waals surface area contributed by atoms with Crippen LogP contribution in [0, 0.1) is 0 Å². The SMILES string of the molecule is CC(C)(O)CNC(=O)c1cscn1. The molecule has 0 saturated heterocycles. The lowest BCUT2D eigenvalue weighted by Crippen LogP contribution is -2.38. The third kappa shape index (κ3) is 3.52. The van der Waals surface area contributed by atoms with Gasteiger partial charge in [-0.2, -0.15) is 0 Å². The van der Waals surface area contributed by atoms with Gasteiger partial charge in [-0.3, -0.25) is 4.79 Å². The summed E-state index contributed by atoms with van der Waals surface area (Å²) in [7, 11) is 0. The molecule has 0 radical (unpaired) electrons. The smallest absolute Gasteiger partial charge is 0.270 e. The first kappa shape index (κ1) is 10.1. The number of aliphatic hydroxyl groups is 1. The molecule has 1 aromatic heterocycles. The van der Waals surface area contributed by atoms with E-state index in [0.717, 1.165) is 0 Å². The fourth-order valence-electron chi connectivity index (χ4n) is 0.712. The third-order valence-electron chi connectivity index (χ3n) is 1.35. The molecule has 0 aliphatic heterocycles. The Morgan fingerprint density at radius 3 is 2.92 bits per heavy atom. The first-order chi connectivity index (χ1) is 5.99. The maximum Gasteiger partial charge on any atom is 0.270 e. The molecule has 0 bridgehead atoms. The van der Waals surface area contributed by atoms with Crippen LogP contribution in [0.25, 0.3) is 0 Å². The Balaban J connectivity index is 2.44. The van der Waals surface area contributed by atoms with Gasteiger partial charge in [0, 0.05) is 11.9 Å². The highest BCUT2D eigenvalue weighted by Crippen LogP contribution is 2.02. The second-order valence-corrected chi connectivity index (χ2v) is 4.09. The topological polar surface area (TPSA) is 62.2 Å². The number of rotatable bonds is 3. The highest BCUT2D eigenvalue weighted by atomic mass is 32.1. The molecule has 4 nitrogen and oxygen atoms in total. The molecule has 0 fully saturated rings. The Bertz CT molecular complexity index is 277. The van der Waals surface area contributed by atoms with Gasteiger partial charge in [0.2, 0.25) is 0 Å². The van der Waals surface area contributed by atoms with Crippen LogP contribution < -0.4 is 5.32 Å². The van der Waals surface area contributed by atoms with Crippen LogP contribution >= 0.6 is 11.3 Å². The Kier molecular flexibility index (Phi) is 3.00. The summed E-state index contributed by atoms with van der Waals surface area (Å²) in [6.45, 7) is 3.49. The second-order valence-electron chi connectivity index (χ2n) is 3.37. The van der Waals surface area contributed by atoms with E-state index in [2.05, 4.69) is 10.3 Å². The van der Waals surface area contributed by atoms with Crippen molar-refractivity contribution in [2.45, 2.75) is 19.4 Å². The van der Waals surface area contributed by atoms with Crippen LogP contribution in [0.5, 0.6) is 0 Å². The van der Waals surface area contributed by atoms with E-state index in [9.17, 15) is 9.90 Å².